The summed E-state index contributed by atoms with van der Waals surface area (Å²) in [5.41, 5.74) is 0.403. The SMILES string of the molecule is NS(=O)(=O)c1cc(C(=O)N2CCC3(CCCNC3)C2)co1. The first-order chi connectivity index (χ1) is 9.90. The van der Waals surface area contributed by atoms with Gasteiger partial charge in [-0.05, 0) is 25.8 Å². The van der Waals surface area contributed by atoms with Gasteiger partial charge in [0, 0.05) is 31.1 Å². The van der Waals surface area contributed by atoms with Crippen molar-refractivity contribution in [3.63, 3.8) is 0 Å². The van der Waals surface area contributed by atoms with E-state index in [2.05, 4.69) is 5.32 Å². The highest BCUT2D eigenvalue weighted by Gasteiger charge is 2.41. The number of nitrogens with one attached hydrogen (secondary N) is 1. The van der Waals surface area contributed by atoms with Crippen LogP contribution in [0.4, 0.5) is 0 Å². The Morgan fingerprint density at radius 1 is 1.43 bits per heavy atom. The molecule has 0 aromatic carbocycles. The van der Waals surface area contributed by atoms with Crippen LogP contribution in [0.3, 0.4) is 0 Å². The highest BCUT2D eigenvalue weighted by atomic mass is 32.2. The monoisotopic (exact) mass is 313 g/mol. The fourth-order valence-corrected chi connectivity index (χ4v) is 3.72. The van der Waals surface area contributed by atoms with Gasteiger partial charge in [0.25, 0.3) is 15.9 Å². The minimum atomic E-state index is -3.91. The number of furan rings is 1. The number of hydrogen-bond acceptors (Lipinski definition) is 5. The Kier molecular flexibility index (Phi) is 3.54. The normalized spacial score (nSPS) is 26.4. The van der Waals surface area contributed by atoms with E-state index in [1.807, 2.05) is 0 Å². The topological polar surface area (TPSA) is 106 Å². The maximum atomic E-state index is 12.4. The van der Waals surface area contributed by atoms with E-state index in [1.54, 1.807) is 4.90 Å². The van der Waals surface area contributed by atoms with Crippen molar-refractivity contribution in [2.24, 2.45) is 10.6 Å². The van der Waals surface area contributed by atoms with E-state index < -0.39 is 10.0 Å². The molecule has 1 unspecified atom stereocenters. The van der Waals surface area contributed by atoms with Crippen molar-refractivity contribution in [2.75, 3.05) is 26.2 Å². The Bertz CT molecular complexity index is 646. The Labute approximate surface area is 123 Å². The summed E-state index contributed by atoms with van der Waals surface area (Å²) in [5, 5.41) is 7.99. The third-order valence-electron chi connectivity index (χ3n) is 4.39. The molecule has 21 heavy (non-hydrogen) atoms. The Hall–Kier alpha value is -1.38. The van der Waals surface area contributed by atoms with Crippen molar-refractivity contribution in [1.82, 2.24) is 10.2 Å². The summed E-state index contributed by atoms with van der Waals surface area (Å²) in [4.78, 5) is 14.2. The minimum absolute atomic E-state index is 0.167. The first-order valence-corrected chi connectivity index (χ1v) is 8.56. The van der Waals surface area contributed by atoms with Gasteiger partial charge in [-0.15, -0.1) is 0 Å². The van der Waals surface area contributed by atoms with E-state index in [1.165, 1.54) is 6.07 Å². The highest BCUT2D eigenvalue weighted by molar-refractivity contribution is 7.89. The van der Waals surface area contributed by atoms with Crippen LogP contribution in [-0.2, 0) is 10.0 Å². The van der Waals surface area contributed by atoms with E-state index in [0.29, 0.717) is 13.1 Å². The van der Waals surface area contributed by atoms with Gasteiger partial charge in [0.2, 0.25) is 5.09 Å². The molecule has 2 aliphatic heterocycles. The van der Waals surface area contributed by atoms with Gasteiger partial charge >= 0.3 is 0 Å². The largest absolute Gasteiger partial charge is 0.451 e. The molecule has 2 aliphatic rings. The van der Waals surface area contributed by atoms with Crippen molar-refractivity contribution in [2.45, 2.75) is 24.4 Å². The van der Waals surface area contributed by atoms with Crippen molar-refractivity contribution in [3.8, 4) is 0 Å². The van der Waals surface area contributed by atoms with Crippen LogP contribution in [0.5, 0.6) is 0 Å². The van der Waals surface area contributed by atoms with Crippen LogP contribution in [-0.4, -0.2) is 45.4 Å². The van der Waals surface area contributed by atoms with Gasteiger partial charge in [0.05, 0.1) is 5.56 Å². The van der Waals surface area contributed by atoms with Crippen LogP contribution < -0.4 is 10.5 Å². The predicted molar refractivity (Wildman–Crippen MR) is 75.1 cm³/mol. The molecule has 0 bridgehead atoms. The maximum Gasteiger partial charge on any atom is 0.271 e. The summed E-state index contributed by atoms with van der Waals surface area (Å²) in [6.07, 6.45) is 4.39. The van der Waals surface area contributed by atoms with Crippen molar-refractivity contribution in [1.29, 1.82) is 0 Å². The Balaban J connectivity index is 1.73. The molecule has 3 heterocycles. The second-order valence-electron chi connectivity index (χ2n) is 5.96. The van der Waals surface area contributed by atoms with Gasteiger partial charge < -0.3 is 14.6 Å². The number of nitrogens with zero attached hydrogens (tertiary/aromatic N) is 1. The number of carbonyl (C=O) groups excluding carboxylic acids is 1. The van der Waals surface area contributed by atoms with E-state index in [4.69, 9.17) is 9.56 Å². The highest BCUT2D eigenvalue weighted by Crippen LogP contribution is 2.37. The van der Waals surface area contributed by atoms with Gasteiger partial charge in [0.15, 0.2) is 0 Å². The van der Waals surface area contributed by atoms with Crippen molar-refractivity contribution >= 4 is 15.9 Å². The van der Waals surface area contributed by atoms with Crippen molar-refractivity contribution < 1.29 is 17.6 Å². The first kappa shape index (κ1) is 14.6. The zero-order chi connectivity index (χ0) is 15.1. The summed E-state index contributed by atoms with van der Waals surface area (Å²) in [5.74, 6) is -0.198. The standard InChI is InChI=1S/C13H19N3O4S/c14-21(18,19)11-6-10(7-20-11)12(17)16-5-3-13(9-16)2-1-4-15-8-13/h6-7,15H,1-5,8-9H2,(H2,14,18,19). The summed E-state index contributed by atoms with van der Waals surface area (Å²) in [6.45, 7) is 3.37. The molecule has 8 heteroatoms. The number of rotatable bonds is 2. The molecule has 1 amide bonds. The Morgan fingerprint density at radius 3 is 2.86 bits per heavy atom. The quantitative estimate of drug-likeness (QED) is 0.808. The third-order valence-corrected chi connectivity index (χ3v) is 5.16. The van der Waals surface area contributed by atoms with Crippen LogP contribution in [0.1, 0.15) is 29.6 Å². The summed E-state index contributed by atoms with van der Waals surface area (Å²) < 4.78 is 27.2. The number of hydrogen-bond donors (Lipinski definition) is 2. The van der Waals surface area contributed by atoms with Crippen LogP contribution in [0.2, 0.25) is 0 Å². The van der Waals surface area contributed by atoms with E-state index >= 15 is 0 Å². The molecular weight excluding hydrogens is 294 g/mol. The lowest BCUT2D eigenvalue weighted by atomic mass is 9.80. The molecule has 1 spiro atoms. The molecule has 116 valence electrons. The van der Waals surface area contributed by atoms with E-state index in [9.17, 15) is 13.2 Å². The fraction of sp³-hybridized carbons (Fsp3) is 0.615. The number of carbonyl (C=O) groups is 1. The first-order valence-electron chi connectivity index (χ1n) is 7.01. The number of piperidine rings is 1. The average Bonchev–Trinajstić information content (AvgIpc) is 3.06. The van der Waals surface area contributed by atoms with Crippen LogP contribution >= 0.6 is 0 Å². The predicted octanol–water partition coefficient (Wildman–Crippen LogP) is 0.143. The molecule has 0 aliphatic carbocycles. The Morgan fingerprint density at radius 2 is 2.24 bits per heavy atom. The van der Waals surface area contributed by atoms with Gasteiger partial charge in [-0.25, -0.2) is 13.6 Å². The van der Waals surface area contributed by atoms with Gasteiger partial charge in [-0.1, -0.05) is 0 Å². The van der Waals surface area contributed by atoms with Gasteiger partial charge in [-0.2, -0.15) is 0 Å². The maximum absolute atomic E-state index is 12.4. The molecular formula is C13H19N3O4S. The fourth-order valence-electron chi connectivity index (χ4n) is 3.25. The summed E-state index contributed by atoms with van der Waals surface area (Å²) >= 11 is 0. The van der Waals surface area contributed by atoms with E-state index in [0.717, 1.165) is 38.6 Å². The molecule has 3 rings (SSSR count). The molecule has 1 aromatic heterocycles. The number of nitrogens with two attached hydrogens (primary N) is 1. The summed E-state index contributed by atoms with van der Waals surface area (Å²) in [6, 6.07) is 1.20. The lowest BCUT2D eigenvalue weighted by molar-refractivity contribution is 0.0763. The molecule has 0 radical (unpaired) electrons. The number of primary sulfonamides is 1. The lowest BCUT2D eigenvalue weighted by Gasteiger charge is -2.33. The number of amides is 1. The van der Waals surface area contributed by atoms with Crippen LogP contribution in [0, 0.1) is 5.41 Å². The molecule has 2 saturated heterocycles. The molecule has 3 N–H and O–H groups in total. The lowest BCUT2D eigenvalue weighted by Crippen LogP contribution is -2.42. The molecule has 0 saturated carbocycles. The van der Waals surface area contributed by atoms with Crippen molar-refractivity contribution in [3.05, 3.63) is 17.9 Å². The molecule has 7 nitrogen and oxygen atoms in total. The van der Waals surface area contributed by atoms with Crippen LogP contribution in [0.15, 0.2) is 21.8 Å². The van der Waals surface area contributed by atoms with E-state index in [-0.39, 0.29) is 22.0 Å². The third kappa shape index (κ3) is 2.83. The zero-order valence-electron chi connectivity index (χ0n) is 11.7. The molecule has 1 aromatic rings. The zero-order valence-corrected chi connectivity index (χ0v) is 12.5. The molecule has 1 atom stereocenters. The number of sulfonamides is 1. The summed E-state index contributed by atoms with van der Waals surface area (Å²) in [7, 11) is -3.91. The average molecular weight is 313 g/mol. The second kappa shape index (κ2) is 5.11. The molecule has 2 fully saturated rings. The second-order valence-corrected chi connectivity index (χ2v) is 7.45. The number of likely N-dealkylation sites (tertiary alicyclic amines) is 1. The van der Waals surface area contributed by atoms with Crippen LogP contribution in [0.25, 0.3) is 0 Å². The smallest absolute Gasteiger partial charge is 0.271 e. The minimum Gasteiger partial charge on any atom is -0.451 e. The van der Waals surface area contributed by atoms with Gasteiger partial charge in [-0.3, -0.25) is 4.79 Å². The van der Waals surface area contributed by atoms with Gasteiger partial charge in [0.1, 0.15) is 6.26 Å².